The first-order valence-corrected chi connectivity index (χ1v) is 27.4. The molecule has 0 aliphatic carbocycles. The predicted octanol–water partition coefficient (Wildman–Crippen LogP) is 4.20. The number of carbonyl (C=O) groups excluding carboxylic acids is 7. The molecule has 2 aliphatic heterocycles. The lowest BCUT2D eigenvalue weighted by Gasteiger charge is -2.32. The number of fused-ring (bicyclic) bond motifs is 2. The first-order chi connectivity index (χ1) is 38.0. The zero-order valence-electron chi connectivity index (χ0n) is 46.8. The minimum absolute atomic E-state index is 0.00661. The number of esters is 1. The summed E-state index contributed by atoms with van der Waals surface area (Å²) in [5.41, 5.74) is 2.07. The fourth-order valence-corrected chi connectivity index (χ4v) is 9.77. The lowest BCUT2D eigenvalue weighted by atomic mass is 9.97. The predicted molar refractivity (Wildman–Crippen MR) is 300 cm³/mol. The maximum Gasteiger partial charge on any atom is 0.328 e. The van der Waals surface area contributed by atoms with Crippen LogP contribution in [0.5, 0.6) is 0 Å². The topological polar surface area (TPSA) is 263 Å². The van der Waals surface area contributed by atoms with E-state index in [-0.39, 0.29) is 86.0 Å². The third-order valence-corrected chi connectivity index (χ3v) is 14.8. The molecule has 0 unspecified atom stereocenters. The van der Waals surface area contributed by atoms with Gasteiger partial charge in [0.1, 0.15) is 24.2 Å². The number of nitrogens with zero attached hydrogens (tertiary/aromatic N) is 2. The minimum Gasteiger partial charge on any atom is -0.480 e. The Morgan fingerprint density at radius 1 is 0.595 bits per heavy atom. The number of hydrogen-bond acceptors (Lipinski definition) is 13. The number of carboxylic acid groups (broad SMARTS) is 1. The number of benzene rings is 4. The first kappa shape index (κ1) is 62.8. The van der Waals surface area contributed by atoms with E-state index in [0.29, 0.717) is 58.5 Å². The number of carboxylic acids is 1. The van der Waals surface area contributed by atoms with Gasteiger partial charge in [0.2, 0.25) is 35.4 Å². The zero-order chi connectivity index (χ0) is 57.4. The van der Waals surface area contributed by atoms with Gasteiger partial charge in [0, 0.05) is 91.4 Å². The Kier molecular flexibility index (Phi) is 25.6. The molecule has 2 fully saturated rings. The monoisotopic (exact) mass is 1090 g/mol. The van der Waals surface area contributed by atoms with E-state index in [9.17, 15) is 43.5 Å². The summed E-state index contributed by atoms with van der Waals surface area (Å²) in [4.78, 5) is 104. The summed E-state index contributed by atoms with van der Waals surface area (Å²) >= 11 is 0. The normalized spacial score (nSPS) is 17.3. The van der Waals surface area contributed by atoms with Crippen molar-refractivity contribution in [1.82, 2.24) is 41.7 Å². The molecule has 2 saturated heterocycles. The van der Waals surface area contributed by atoms with Crippen molar-refractivity contribution >= 4 is 68.9 Å². The van der Waals surface area contributed by atoms with Crippen molar-refractivity contribution < 1.29 is 57.7 Å². The van der Waals surface area contributed by atoms with E-state index < -0.39 is 42.0 Å². The summed E-state index contributed by atoms with van der Waals surface area (Å²) < 4.78 is 15.0. The van der Waals surface area contributed by atoms with E-state index in [2.05, 4.69) is 51.8 Å². The minimum atomic E-state index is -1.12. The van der Waals surface area contributed by atoms with Crippen LogP contribution in [0.2, 0.25) is 0 Å². The second-order valence-corrected chi connectivity index (χ2v) is 20.6. The summed E-state index contributed by atoms with van der Waals surface area (Å²) in [6.45, 7) is 10.3. The maximum atomic E-state index is 13.3. The quantitative estimate of drug-likeness (QED) is 0.0361. The number of rotatable bonds is 30. The van der Waals surface area contributed by atoms with Crippen LogP contribution in [-0.2, 0) is 65.7 Å². The van der Waals surface area contributed by atoms with Crippen molar-refractivity contribution in [2.24, 2.45) is 11.8 Å². The van der Waals surface area contributed by atoms with Gasteiger partial charge in [0.15, 0.2) is 0 Å². The molecule has 0 aromatic heterocycles. The number of aliphatic carboxylic acids is 1. The fourth-order valence-electron chi connectivity index (χ4n) is 9.77. The van der Waals surface area contributed by atoms with E-state index in [4.69, 9.17) is 14.2 Å². The first-order valence-electron chi connectivity index (χ1n) is 27.4. The molecule has 0 bridgehead atoms. The van der Waals surface area contributed by atoms with Crippen LogP contribution in [0.25, 0.3) is 21.5 Å². The van der Waals surface area contributed by atoms with Gasteiger partial charge in [-0.1, -0.05) is 125 Å². The maximum absolute atomic E-state index is 13.3. The molecule has 0 saturated carbocycles. The van der Waals surface area contributed by atoms with Crippen LogP contribution in [0.3, 0.4) is 0 Å². The zero-order valence-corrected chi connectivity index (χ0v) is 46.8. The summed E-state index contributed by atoms with van der Waals surface area (Å²) in [6.07, 6.45) is 3.65. The van der Waals surface area contributed by atoms with Crippen LogP contribution in [0.15, 0.2) is 84.9 Å². The van der Waals surface area contributed by atoms with Gasteiger partial charge in [0.05, 0.1) is 20.2 Å². The van der Waals surface area contributed by atoms with Crippen LogP contribution in [0.4, 0.5) is 0 Å². The van der Waals surface area contributed by atoms with E-state index in [1.807, 2.05) is 103 Å². The van der Waals surface area contributed by atoms with Gasteiger partial charge in [0.25, 0.3) is 0 Å². The Morgan fingerprint density at radius 2 is 1.00 bits per heavy atom. The molecule has 2 heterocycles. The van der Waals surface area contributed by atoms with Crippen LogP contribution in [0, 0.1) is 11.8 Å². The Morgan fingerprint density at radius 3 is 1.38 bits per heavy atom. The summed E-state index contributed by atoms with van der Waals surface area (Å²) in [7, 11) is 4.29. The molecule has 20 nitrogen and oxygen atoms in total. The van der Waals surface area contributed by atoms with E-state index in [0.717, 1.165) is 45.5 Å². The molecule has 4 aromatic carbocycles. The van der Waals surface area contributed by atoms with Gasteiger partial charge < -0.3 is 51.2 Å². The lowest BCUT2D eigenvalue weighted by Crippen LogP contribution is -2.53. The highest BCUT2D eigenvalue weighted by molar-refractivity contribution is 5.92. The van der Waals surface area contributed by atoms with E-state index in [1.54, 1.807) is 0 Å². The highest BCUT2D eigenvalue weighted by Gasteiger charge is 2.33. The highest BCUT2D eigenvalue weighted by atomic mass is 16.5. The SMILES string of the molecule is CC[C@H](C)[C@@H](CN(CC(=O)N[C@@H](CCOC)C(=O)O)Cc1cccc2ccccc12)NC(=O)[C@@H]1CCC(=O)N1.CC[C@H](C)[C@@H](CN(CC(=O)N[C@@H](CCOC)C(=O)OC)Cc1cccc2ccccc12)NC(=O)[C@@H]1CCC(=O)N1. The van der Waals surface area contributed by atoms with E-state index >= 15 is 0 Å². The largest absolute Gasteiger partial charge is 0.480 e. The second-order valence-electron chi connectivity index (χ2n) is 20.6. The molecule has 8 atom stereocenters. The van der Waals surface area contributed by atoms with Gasteiger partial charge in [-0.25, -0.2) is 9.59 Å². The van der Waals surface area contributed by atoms with Crippen molar-refractivity contribution in [3.63, 3.8) is 0 Å². The Bertz CT molecular complexity index is 2680. The second kappa shape index (κ2) is 32.2. The van der Waals surface area contributed by atoms with Gasteiger partial charge in [-0.2, -0.15) is 0 Å². The molecule has 20 heteroatoms. The van der Waals surface area contributed by atoms with Gasteiger partial charge in [-0.3, -0.25) is 38.6 Å². The summed E-state index contributed by atoms with van der Waals surface area (Å²) in [5, 5.41) is 31.0. The molecular formula is C59H82N8O12. The lowest BCUT2D eigenvalue weighted by molar-refractivity contribution is -0.145. The number of carbonyl (C=O) groups is 8. The van der Waals surface area contributed by atoms with Crippen LogP contribution in [0.1, 0.15) is 90.2 Å². The molecule has 2 aliphatic rings. The average Bonchev–Trinajstić information content (AvgIpc) is 4.10. The van der Waals surface area contributed by atoms with Crippen molar-refractivity contribution in [2.75, 3.05) is 60.7 Å². The number of ether oxygens (including phenoxy) is 3. The van der Waals surface area contributed by atoms with Crippen LogP contribution in [-0.4, -0.2) is 159 Å². The number of methoxy groups -OCH3 is 3. The molecule has 4 aromatic rings. The summed E-state index contributed by atoms with van der Waals surface area (Å²) in [6, 6.07) is 24.6. The number of nitrogens with one attached hydrogen (secondary N) is 6. The molecule has 0 spiro atoms. The van der Waals surface area contributed by atoms with Crippen molar-refractivity contribution in [3.8, 4) is 0 Å². The van der Waals surface area contributed by atoms with Gasteiger partial charge in [-0.05, 0) is 57.3 Å². The smallest absolute Gasteiger partial charge is 0.328 e. The number of amides is 6. The van der Waals surface area contributed by atoms with Crippen LogP contribution >= 0.6 is 0 Å². The van der Waals surface area contributed by atoms with Crippen molar-refractivity contribution in [3.05, 3.63) is 96.1 Å². The molecule has 0 radical (unpaired) electrons. The van der Waals surface area contributed by atoms with Crippen LogP contribution < -0.4 is 31.9 Å². The van der Waals surface area contributed by atoms with Gasteiger partial charge >= 0.3 is 11.9 Å². The molecule has 79 heavy (non-hydrogen) atoms. The Hall–Kier alpha value is -7.00. The third-order valence-electron chi connectivity index (χ3n) is 14.8. The highest BCUT2D eigenvalue weighted by Crippen LogP contribution is 2.23. The molecular weight excluding hydrogens is 1010 g/mol. The fraction of sp³-hybridized carbons (Fsp3) is 0.525. The molecule has 7 N–H and O–H groups in total. The standard InChI is InChI=1S/C30H42N4O6.C29H40N4O6/c1-5-20(2)26(33-29(37)24-13-14-27(35)31-24)18-34(17-22-11-8-10-21-9-6-7-12-23(21)22)19-28(36)32-25(15-16-39-3)30(38)40-4;1-4-19(2)25(32-28(36)23-12-13-26(34)30-23)17-33(18-27(35)31-24(29(37)38)14-15-39-3)16-21-10-7-9-20-8-5-6-11-22(20)21/h6-12,20,24-26H,5,13-19H2,1-4H3,(H,31,35)(H,32,36)(H,33,37);5-11,19,23-25H,4,12-18H2,1-3H3,(H,30,34)(H,31,35)(H,32,36)(H,37,38)/t20-,24-,25-,26+;19-,23-,24-,25+/m00/s1. The molecule has 430 valence electrons. The molecule has 6 rings (SSSR count). The average molecular weight is 1100 g/mol. The summed E-state index contributed by atoms with van der Waals surface area (Å²) in [5.74, 6) is -2.89. The van der Waals surface area contributed by atoms with Gasteiger partial charge in [-0.15, -0.1) is 0 Å². The third kappa shape index (κ3) is 19.7. The van der Waals surface area contributed by atoms with Crippen molar-refractivity contribution in [2.45, 2.75) is 128 Å². The van der Waals surface area contributed by atoms with Crippen molar-refractivity contribution in [1.29, 1.82) is 0 Å². The number of hydrogen-bond donors (Lipinski definition) is 7. The Balaban J connectivity index is 0.000000291. The van der Waals surface area contributed by atoms with E-state index in [1.165, 1.54) is 21.3 Å². The molecule has 6 amide bonds. The Labute approximate surface area is 463 Å².